The Hall–Kier alpha value is -2.08. The number of oxime groups is 1. The smallest absolute Gasteiger partial charge is 0.310 e. The summed E-state index contributed by atoms with van der Waals surface area (Å²) in [4.78, 5) is 20.4. The lowest BCUT2D eigenvalue weighted by molar-refractivity contribution is -0.139. The highest BCUT2D eigenvalue weighted by atomic mass is 16.7. The summed E-state index contributed by atoms with van der Waals surface area (Å²) in [5.41, 5.74) is 1.28. The maximum atomic E-state index is 11.2. The molecule has 0 fully saturated rings. The van der Waals surface area contributed by atoms with Crippen LogP contribution in [-0.4, -0.2) is 26.1 Å². The van der Waals surface area contributed by atoms with E-state index in [-0.39, 0.29) is 18.3 Å². The van der Waals surface area contributed by atoms with E-state index in [2.05, 4.69) is 19.6 Å². The molecule has 0 aliphatic rings. The minimum atomic E-state index is -0.355. The molecule has 1 rings (SSSR count). The Bertz CT molecular complexity index is 418. The summed E-state index contributed by atoms with van der Waals surface area (Å²) in [6, 6.07) is 7.06. The second-order valence-electron chi connectivity index (χ2n) is 3.11. The van der Waals surface area contributed by atoms with Gasteiger partial charge in [0.15, 0.2) is 0 Å². The Morgan fingerprint density at radius 1 is 1.35 bits per heavy atom. The highest BCUT2D eigenvalue weighted by Crippen LogP contribution is 2.12. The summed E-state index contributed by atoms with van der Waals surface area (Å²) in [5, 5.41) is 3.62. The SMILES string of the molecule is CO/N=C(\ON)c1ccccc1CC(=O)OC. The lowest BCUT2D eigenvalue weighted by atomic mass is 10.0. The first kappa shape index (κ1) is 13.0. The third-order valence-corrected chi connectivity index (χ3v) is 2.10. The molecule has 0 spiro atoms. The molecule has 92 valence electrons. The quantitative estimate of drug-likeness (QED) is 0.359. The fourth-order valence-electron chi connectivity index (χ4n) is 1.33. The molecule has 2 N–H and O–H groups in total. The summed E-state index contributed by atoms with van der Waals surface area (Å²) >= 11 is 0. The predicted octanol–water partition coefficient (Wildman–Crippen LogP) is 0.600. The first-order chi connectivity index (χ1) is 8.22. The fraction of sp³-hybridized carbons (Fsp3) is 0.273. The van der Waals surface area contributed by atoms with E-state index in [1.807, 2.05) is 0 Å². The molecule has 1 aromatic carbocycles. The number of rotatable bonds is 4. The van der Waals surface area contributed by atoms with Gasteiger partial charge in [0.1, 0.15) is 7.11 Å². The van der Waals surface area contributed by atoms with Crippen LogP contribution in [-0.2, 0) is 25.6 Å². The molecule has 0 atom stereocenters. The Labute approximate surface area is 98.9 Å². The minimum absolute atomic E-state index is 0.104. The number of esters is 1. The minimum Gasteiger partial charge on any atom is -0.469 e. The zero-order valence-electron chi connectivity index (χ0n) is 9.67. The lowest BCUT2D eigenvalue weighted by Gasteiger charge is -2.08. The number of carbonyl (C=O) groups excluding carboxylic acids is 1. The molecule has 6 nitrogen and oxygen atoms in total. The number of nitrogens with zero attached hydrogens (tertiary/aromatic N) is 1. The van der Waals surface area contributed by atoms with E-state index in [9.17, 15) is 4.79 Å². The molecule has 0 bridgehead atoms. The number of carbonyl (C=O) groups is 1. The van der Waals surface area contributed by atoms with Gasteiger partial charge in [0.2, 0.25) is 0 Å². The van der Waals surface area contributed by atoms with Crippen molar-refractivity contribution in [1.29, 1.82) is 0 Å². The molecule has 0 amide bonds. The highest BCUT2D eigenvalue weighted by molar-refractivity contribution is 5.96. The van der Waals surface area contributed by atoms with Crippen LogP contribution in [0.25, 0.3) is 0 Å². The standard InChI is InChI=1S/C11H14N2O4/c1-15-10(14)7-8-5-3-4-6-9(8)11(17-12)13-16-2/h3-6H,7,12H2,1-2H3/b13-11-. The van der Waals surface area contributed by atoms with Crippen molar-refractivity contribution in [1.82, 2.24) is 0 Å². The van der Waals surface area contributed by atoms with E-state index in [1.165, 1.54) is 14.2 Å². The number of benzene rings is 1. The van der Waals surface area contributed by atoms with Gasteiger partial charge in [0.05, 0.1) is 13.5 Å². The number of hydrogen-bond donors (Lipinski definition) is 1. The molecule has 0 aliphatic carbocycles. The second kappa shape index (κ2) is 6.49. The monoisotopic (exact) mass is 238 g/mol. The lowest BCUT2D eigenvalue weighted by Crippen LogP contribution is -2.16. The first-order valence-corrected chi connectivity index (χ1v) is 4.86. The normalized spacial score (nSPS) is 10.9. The van der Waals surface area contributed by atoms with Gasteiger partial charge in [0.25, 0.3) is 5.90 Å². The van der Waals surface area contributed by atoms with Crippen molar-refractivity contribution < 1.29 is 19.2 Å². The Morgan fingerprint density at radius 3 is 2.65 bits per heavy atom. The van der Waals surface area contributed by atoms with E-state index in [0.29, 0.717) is 11.1 Å². The van der Waals surface area contributed by atoms with Gasteiger partial charge >= 0.3 is 5.97 Å². The predicted molar refractivity (Wildman–Crippen MR) is 61.0 cm³/mol. The Kier molecular flexibility index (Phi) is 4.96. The van der Waals surface area contributed by atoms with Gasteiger partial charge in [0, 0.05) is 5.56 Å². The van der Waals surface area contributed by atoms with Gasteiger partial charge in [-0.2, -0.15) is 5.90 Å². The highest BCUT2D eigenvalue weighted by Gasteiger charge is 2.13. The van der Waals surface area contributed by atoms with Crippen molar-refractivity contribution in [2.75, 3.05) is 14.2 Å². The molecule has 17 heavy (non-hydrogen) atoms. The van der Waals surface area contributed by atoms with Crippen LogP contribution >= 0.6 is 0 Å². The van der Waals surface area contributed by atoms with Crippen LogP contribution in [0.5, 0.6) is 0 Å². The fourth-order valence-corrected chi connectivity index (χ4v) is 1.33. The van der Waals surface area contributed by atoms with E-state index < -0.39 is 0 Å². The number of nitrogens with two attached hydrogens (primary N) is 1. The van der Waals surface area contributed by atoms with Gasteiger partial charge in [-0.25, -0.2) is 0 Å². The summed E-state index contributed by atoms with van der Waals surface area (Å²) in [6.07, 6.45) is 0.110. The molecule has 1 aromatic rings. The van der Waals surface area contributed by atoms with Crippen LogP contribution in [0.1, 0.15) is 11.1 Å². The van der Waals surface area contributed by atoms with Gasteiger partial charge in [-0.05, 0) is 16.8 Å². The third-order valence-electron chi connectivity index (χ3n) is 2.10. The molecular weight excluding hydrogens is 224 g/mol. The van der Waals surface area contributed by atoms with Gasteiger partial charge in [-0.3, -0.25) is 4.79 Å². The van der Waals surface area contributed by atoms with Crippen LogP contribution in [0.2, 0.25) is 0 Å². The molecule has 6 heteroatoms. The summed E-state index contributed by atoms with van der Waals surface area (Å²) in [7, 11) is 2.70. The molecule has 0 aliphatic heterocycles. The van der Waals surface area contributed by atoms with Crippen molar-refractivity contribution in [3.8, 4) is 0 Å². The number of methoxy groups -OCH3 is 1. The second-order valence-corrected chi connectivity index (χ2v) is 3.11. The van der Waals surface area contributed by atoms with Gasteiger partial charge < -0.3 is 14.4 Å². The van der Waals surface area contributed by atoms with E-state index >= 15 is 0 Å². The van der Waals surface area contributed by atoms with Crippen molar-refractivity contribution in [2.45, 2.75) is 6.42 Å². The molecular formula is C11H14N2O4. The van der Waals surface area contributed by atoms with Crippen molar-refractivity contribution in [2.24, 2.45) is 11.1 Å². The van der Waals surface area contributed by atoms with Crippen molar-refractivity contribution in [3.63, 3.8) is 0 Å². The summed E-state index contributed by atoms with van der Waals surface area (Å²) in [5.74, 6) is 4.84. The average molecular weight is 238 g/mol. The topological polar surface area (TPSA) is 83.1 Å². The van der Waals surface area contributed by atoms with Crippen molar-refractivity contribution in [3.05, 3.63) is 35.4 Å². The van der Waals surface area contributed by atoms with Crippen LogP contribution in [0, 0.1) is 0 Å². The Morgan fingerprint density at radius 2 is 2.06 bits per heavy atom. The van der Waals surface area contributed by atoms with Crippen LogP contribution in [0.3, 0.4) is 0 Å². The molecule has 0 saturated heterocycles. The van der Waals surface area contributed by atoms with Crippen LogP contribution < -0.4 is 5.90 Å². The summed E-state index contributed by atoms with van der Waals surface area (Å²) in [6.45, 7) is 0. The molecule has 0 heterocycles. The van der Waals surface area contributed by atoms with Crippen molar-refractivity contribution >= 4 is 11.9 Å². The average Bonchev–Trinajstić information content (AvgIpc) is 2.36. The zero-order valence-corrected chi connectivity index (χ0v) is 9.67. The first-order valence-electron chi connectivity index (χ1n) is 4.86. The van der Waals surface area contributed by atoms with Crippen LogP contribution in [0.15, 0.2) is 29.4 Å². The molecule has 0 radical (unpaired) electrons. The zero-order chi connectivity index (χ0) is 12.7. The third kappa shape index (κ3) is 3.46. The molecule has 0 unspecified atom stereocenters. The number of hydrogen-bond acceptors (Lipinski definition) is 6. The maximum Gasteiger partial charge on any atom is 0.310 e. The molecule has 0 aromatic heterocycles. The van der Waals surface area contributed by atoms with E-state index in [0.717, 1.165) is 0 Å². The van der Waals surface area contributed by atoms with Gasteiger partial charge in [-0.1, -0.05) is 18.2 Å². The summed E-state index contributed by atoms with van der Waals surface area (Å²) < 4.78 is 4.60. The van der Waals surface area contributed by atoms with E-state index in [4.69, 9.17) is 5.90 Å². The number of ether oxygens (including phenoxy) is 1. The maximum absolute atomic E-state index is 11.2. The van der Waals surface area contributed by atoms with Gasteiger partial charge in [-0.15, -0.1) is 0 Å². The molecule has 0 saturated carbocycles. The van der Waals surface area contributed by atoms with Crippen LogP contribution in [0.4, 0.5) is 0 Å². The Balaban J connectivity index is 3.06. The largest absolute Gasteiger partial charge is 0.469 e. The van der Waals surface area contributed by atoms with E-state index in [1.54, 1.807) is 24.3 Å².